The molecule has 0 aromatic heterocycles. The van der Waals surface area contributed by atoms with Crippen molar-refractivity contribution in [3.05, 3.63) is 95.1 Å². The average molecular weight is 516 g/mol. The van der Waals surface area contributed by atoms with Gasteiger partial charge in [0, 0.05) is 23.5 Å². The summed E-state index contributed by atoms with van der Waals surface area (Å²) in [6.45, 7) is 4.89. The number of amides is 1. The number of benzene rings is 3. The van der Waals surface area contributed by atoms with Crippen LogP contribution in [0.4, 0.5) is 11.4 Å². The highest BCUT2D eigenvalue weighted by atomic mass is 32.2. The van der Waals surface area contributed by atoms with E-state index in [1.165, 1.54) is 24.8 Å². The van der Waals surface area contributed by atoms with Crippen molar-refractivity contribution in [1.82, 2.24) is 4.90 Å². The van der Waals surface area contributed by atoms with Gasteiger partial charge in [-0.3, -0.25) is 14.4 Å². The van der Waals surface area contributed by atoms with Gasteiger partial charge in [0.15, 0.2) is 0 Å². The molecule has 0 aliphatic carbocycles. The van der Waals surface area contributed by atoms with E-state index in [2.05, 4.69) is 39.2 Å². The molecular formula is C30H33N3O3S. The van der Waals surface area contributed by atoms with Crippen molar-refractivity contribution in [3.63, 3.8) is 0 Å². The zero-order valence-corrected chi connectivity index (χ0v) is 22.0. The molecule has 2 heterocycles. The van der Waals surface area contributed by atoms with E-state index in [1.54, 1.807) is 25.1 Å². The fraction of sp³-hybridized carbons (Fsp3) is 0.300. The lowest BCUT2D eigenvalue weighted by molar-refractivity contribution is -0.110. The SMILES string of the molecule is CCS(=O)(=O)Nc1ccc2c(c1)/C(=C(/Cc1ccc(CN3CCCCC3)cc1)c1ccccc1)C(=O)N2. The molecule has 3 aromatic rings. The Bertz CT molecular complexity index is 1410. The van der Waals surface area contributed by atoms with Crippen LogP contribution in [-0.4, -0.2) is 38.1 Å². The molecule has 192 valence electrons. The first-order valence-corrected chi connectivity index (χ1v) is 14.6. The zero-order valence-electron chi connectivity index (χ0n) is 21.2. The molecule has 1 fully saturated rings. The predicted octanol–water partition coefficient (Wildman–Crippen LogP) is 5.54. The first-order valence-electron chi connectivity index (χ1n) is 13.0. The number of piperidine rings is 1. The van der Waals surface area contributed by atoms with Crippen LogP contribution >= 0.6 is 0 Å². The third kappa shape index (κ3) is 5.95. The highest BCUT2D eigenvalue weighted by Crippen LogP contribution is 2.40. The van der Waals surface area contributed by atoms with Crippen LogP contribution in [0, 0.1) is 0 Å². The second kappa shape index (κ2) is 10.9. The summed E-state index contributed by atoms with van der Waals surface area (Å²) in [4.78, 5) is 15.8. The quantitative estimate of drug-likeness (QED) is 0.386. The lowest BCUT2D eigenvalue weighted by Crippen LogP contribution is -2.29. The van der Waals surface area contributed by atoms with Crippen molar-refractivity contribution in [2.24, 2.45) is 0 Å². The molecular weight excluding hydrogens is 482 g/mol. The van der Waals surface area contributed by atoms with Crippen molar-refractivity contribution in [2.75, 3.05) is 28.9 Å². The van der Waals surface area contributed by atoms with Gasteiger partial charge in [0.25, 0.3) is 5.91 Å². The number of carbonyl (C=O) groups excluding carboxylic acids is 1. The molecule has 3 aromatic carbocycles. The molecule has 0 unspecified atom stereocenters. The Balaban J connectivity index is 1.49. The van der Waals surface area contributed by atoms with Gasteiger partial charge in [-0.2, -0.15) is 0 Å². The van der Waals surface area contributed by atoms with E-state index in [1.807, 2.05) is 30.3 Å². The molecule has 0 radical (unpaired) electrons. The van der Waals surface area contributed by atoms with Crippen LogP contribution in [0.25, 0.3) is 11.1 Å². The fourth-order valence-electron chi connectivity index (χ4n) is 5.10. The summed E-state index contributed by atoms with van der Waals surface area (Å²) in [5.41, 5.74) is 6.73. The summed E-state index contributed by atoms with van der Waals surface area (Å²) in [6, 6.07) is 23.8. The van der Waals surface area contributed by atoms with Crippen molar-refractivity contribution < 1.29 is 13.2 Å². The minimum atomic E-state index is -3.43. The van der Waals surface area contributed by atoms with Crippen molar-refractivity contribution in [3.8, 4) is 0 Å². The van der Waals surface area contributed by atoms with E-state index in [-0.39, 0.29) is 11.7 Å². The number of fused-ring (bicyclic) bond motifs is 1. The van der Waals surface area contributed by atoms with Crippen LogP contribution in [0.5, 0.6) is 0 Å². The minimum absolute atomic E-state index is 0.0209. The summed E-state index contributed by atoms with van der Waals surface area (Å²) in [5.74, 6) is -0.196. The first-order chi connectivity index (χ1) is 17.9. The van der Waals surface area contributed by atoms with E-state index < -0.39 is 10.0 Å². The normalized spacial score (nSPS) is 17.3. The van der Waals surface area contributed by atoms with Crippen molar-refractivity contribution in [2.45, 2.75) is 39.2 Å². The molecule has 1 amide bonds. The highest BCUT2D eigenvalue weighted by molar-refractivity contribution is 7.92. The number of anilines is 2. The maximum atomic E-state index is 13.3. The molecule has 5 rings (SSSR count). The first kappa shape index (κ1) is 25.2. The second-order valence-corrected chi connectivity index (χ2v) is 11.8. The molecule has 0 atom stereocenters. The summed E-state index contributed by atoms with van der Waals surface area (Å²) in [6.07, 6.45) is 4.46. The summed E-state index contributed by atoms with van der Waals surface area (Å²) in [7, 11) is -3.43. The van der Waals surface area contributed by atoms with Crippen LogP contribution in [0.15, 0.2) is 72.8 Å². The third-order valence-electron chi connectivity index (χ3n) is 7.10. The van der Waals surface area contributed by atoms with E-state index in [9.17, 15) is 13.2 Å². The monoisotopic (exact) mass is 515 g/mol. The molecule has 6 nitrogen and oxygen atoms in total. The number of hydrogen-bond donors (Lipinski definition) is 2. The Kier molecular flexibility index (Phi) is 7.44. The average Bonchev–Trinajstić information content (AvgIpc) is 3.24. The van der Waals surface area contributed by atoms with Gasteiger partial charge in [-0.05, 0) is 79.7 Å². The maximum Gasteiger partial charge on any atom is 0.256 e. The van der Waals surface area contributed by atoms with Crippen molar-refractivity contribution >= 4 is 38.5 Å². The topological polar surface area (TPSA) is 78.5 Å². The molecule has 0 spiro atoms. The van der Waals surface area contributed by atoms with Gasteiger partial charge in [0.1, 0.15) is 0 Å². The van der Waals surface area contributed by atoms with Crippen LogP contribution in [0.3, 0.4) is 0 Å². The minimum Gasteiger partial charge on any atom is -0.321 e. The molecule has 1 saturated heterocycles. The smallest absolute Gasteiger partial charge is 0.256 e. The number of hydrogen-bond acceptors (Lipinski definition) is 4. The van der Waals surface area contributed by atoms with E-state index >= 15 is 0 Å². The Hall–Kier alpha value is -3.42. The Labute approximate surface area is 219 Å². The largest absolute Gasteiger partial charge is 0.321 e. The summed E-state index contributed by atoms with van der Waals surface area (Å²) < 4.78 is 26.9. The van der Waals surface area contributed by atoms with Crippen LogP contribution in [0.1, 0.15) is 48.4 Å². The number of nitrogens with zero attached hydrogens (tertiary/aromatic N) is 1. The van der Waals surface area contributed by atoms with Gasteiger partial charge in [0.2, 0.25) is 10.0 Å². The number of rotatable bonds is 8. The van der Waals surface area contributed by atoms with E-state index in [0.29, 0.717) is 28.9 Å². The van der Waals surface area contributed by atoms with Gasteiger partial charge < -0.3 is 5.32 Å². The van der Waals surface area contributed by atoms with E-state index in [0.717, 1.165) is 36.3 Å². The highest BCUT2D eigenvalue weighted by Gasteiger charge is 2.29. The maximum absolute atomic E-state index is 13.3. The lowest BCUT2D eigenvalue weighted by Gasteiger charge is -2.26. The van der Waals surface area contributed by atoms with Gasteiger partial charge in [0.05, 0.1) is 11.3 Å². The number of sulfonamides is 1. The Morgan fingerprint density at radius 2 is 1.62 bits per heavy atom. The summed E-state index contributed by atoms with van der Waals surface area (Å²) in [5, 5.41) is 2.96. The predicted molar refractivity (Wildman–Crippen MR) is 151 cm³/mol. The van der Waals surface area contributed by atoms with Crippen LogP contribution in [-0.2, 0) is 27.8 Å². The molecule has 0 saturated carbocycles. The fourth-order valence-corrected chi connectivity index (χ4v) is 5.73. The van der Waals surface area contributed by atoms with Gasteiger partial charge in [-0.1, -0.05) is 61.0 Å². The second-order valence-electron chi connectivity index (χ2n) is 9.77. The number of nitrogens with one attached hydrogen (secondary N) is 2. The number of likely N-dealkylation sites (tertiary alicyclic amines) is 1. The Morgan fingerprint density at radius 1 is 0.919 bits per heavy atom. The standard InChI is InChI=1S/C30H33N3O3S/c1-2-37(35,36)32-25-15-16-28-27(20-25)29(30(34)31-28)26(24-9-5-3-6-10-24)19-22-11-13-23(14-12-22)21-33-17-7-4-8-18-33/h3,5-6,9-16,20,32H,2,4,7-8,17-19,21H2,1H3,(H,31,34)/b29-26+. The van der Waals surface area contributed by atoms with Crippen LogP contribution in [0.2, 0.25) is 0 Å². The molecule has 0 bridgehead atoms. The van der Waals surface area contributed by atoms with Crippen molar-refractivity contribution in [1.29, 1.82) is 0 Å². The number of allylic oxidation sites excluding steroid dienone is 1. The van der Waals surface area contributed by atoms with Gasteiger partial charge >= 0.3 is 0 Å². The molecule has 7 heteroatoms. The van der Waals surface area contributed by atoms with Gasteiger partial charge in [-0.25, -0.2) is 8.42 Å². The molecule has 37 heavy (non-hydrogen) atoms. The van der Waals surface area contributed by atoms with Crippen LogP contribution < -0.4 is 10.0 Å². The molecule has 2 N–H and O–H groups in total. The van der Waals surface area contributed by atoms with Gasteiger partial charge in [-0.15, -0.1) is 0 Å². The zero-order chi connectivity index (χ0) is 25.8. The molecule has 2 aliphatic rings. The Morgan fingerprint density at radius 3 is 2.32 bits per heavy atom. The van der Waals surface area contributed by atoms with E-state index in [4.69, 9.17) is 0 Å². The third-order valence-corrected chi connectivity index (χ3v) is 8.41. The summed E-state index contributed by atoms with van der Waals surface area (Å²) >= 11 is 0. The molecule has 2 aliphatic heterocycles. The lowest BCUT2D eigenvalue weighted by atomic mass is 9.90. The number of carbonyl (C=O) groups is 1.